The van der Waals surface area contributed by atoms with Crippen LogP contribution in [-0.2, 0) is 4.74 Å². The molecule has 2 atom stereocenters. The van der Waals surface area contributed by atoms with Crippen LogP contribution in [0, 0.1) is 11.8 Å². The Morgan fingerprint density at radius 2 is 2.00 bits per heavy atom. The number of ether oxygens (including phenoxy) is 1. The Morgan fingerprint density at radius 3 is 2.54 bits per heavy atom. The van der Waals surface area contributed by atoms with Crippen molar-refractivity contribution in [3.63, 3.8) is 0 Å². The molecule has 0 aliphatic carbocycles. The molecule has 0 spiro atoms. The summed E-state index contributed by atoms with van der Waals surface area (Å²) in [5.41, 5.74) is 0. The molecule has 13 heavy (non-hydrogen) atoms. The van der Waals surface area contributed by atoms with Crippen molar-refractivity contribution in [2.24, 2.45) is 11.8 Å². The second kappa shape index (κ2) is 5.61. The van der Waals surface area contributed by atoms with E-state index in [9.17, 15) is 5.11 Å². The molecule has 1 N–H and O–H groups in total. The Bertz CT molecular complexity index is 130. The van der Waals surface area contributed by atoms with Gasteiger partial charge in [0.05, 0.1) is 6.10 Å². The second-order valence-corrected chi connectivity index (χ2v) is 4.24. The van der Waals surface area contributed by atoms with E-state index < -0.39 is 0 Å². The Morgan fingerprint density at radius 1 is 1.38 bits per heavy atom. The molecule has 0 bridgehead atoms. The van der Waals surface area contributed by atoms with Gasteiger partial charge in [-0.1, -0.05) is 20.3 Å². The summed E-state index contributed by atoms with van der Waals surface area (Å²) in [5, 5.41) is 9.83. The van der Waals surface area contributed by atoms with Crippen molar-refractivity contribution in [2.75, 3.05) is 13.2 Å². The number of rotatable bonds is 4. The van der Waals surface area contributed by atoms with Gasteiger partial charge in [-0.3, -0.25) is 0 Å². The highest BCUT2D eigenvalue weighted by molar-refractivity contribution is 4.71. The second-order valence-electron chi connectivity index (χ2n) is 4.24. The minimum absolute atomic E-state index is 0.104. The maximum Gasteiger partial charge on any atom is 0.0568 e. The van der Waals surface area contributed by atoms with Crippen LogP contribution < -0.4 is 0 Å². The maximum absolute atomic E-state index is 9.83. The Balaban J connectivity index is 2.21. The fourth-order valence-corrected chi connectivity index (χ4v) is 1.83. The monoisotopic (exact) mass is 186 g/mol. The Hall–Kier alpha value is -0.0800. The number of hydrogen-bond donors (Lipinski definition) is 1. The lowest BCUT2D eigenvalue weighted by Gasteiger charge is -2.26. The summed E-state index contributed by atoms with van der Waals surface area (Å²) in [6, 6.07) is 0. The summed E-state index contributed by atoms with van der Waals surface area (Å²) < 4.78 is 5.29. The molecule has 2 nitrogen and oxygen atoms in total. The molecule has 1 heterocycles. The van der Waals surface area contributed by atoms with Crippen LogP contribution in [0.4, 0.5) is 0 Å². The summed E-state index contributed by atoms with van der Waals surface area (Å²) in [6.07, 6.45) is 4.21. The molecular weight excluding hydrogens is 164 g/mol. The van der Waals surface area contributed by atoms with Gasteiger partial charge >= 0.3 is 0 Å². The first-order chi connectivity index (χ1) is 6.24. The third-order valence-corrected chi connectivity index (χ3v) is 3.22. The van der Waals surface area contributed by atoms with E-state index in [1.54, 1.807) is 0 Å². The van der Waals surface area contributed by atoms with Gasteiger partial charge in [0.15, 0.2) is 0 Å². The van der Waals surface area contributed by atoms with Crippen molar-refractivity contribution in [2.45, 2.75) is 45.6 Å². The number of hydrogen-bond acceptors (Lipinski definition) is 2. The first kappa shape index (κ1) is 11.0. The zero-order valence-corrected chi connectivity index (χ0v) is 8.83. The molecule has 0 radical (unpaired) electrons. The predicted octanol–water partition coefficient (Wildman–Crippen LogP) is 2.21. The SMILES string of the molecule is CCC(C)C(O)CC1CCOCC1. The molecule has 2 heteroatoms. The Labute approximate surface area is 81.3 Å². The van der Waals surface area contributed by atoms with Gasteiger partial charge in [-0.05, 0) is 31.1 Å². The molecule has 1 rings (SSSR count). The third-order valence-electron chi connectivity index (χ3n) is 3.22. The van der Waals surface area contributed by atoms with Gasteiger partial charge in [0.1, 0.15) is 0 Å². The smallest absolute Gasteiger partial charge is 0.0568 e. The highest BCUT2D eigenvalue weighted by Gasteiger charge is 2.20. The average molecular weight is 186 g/mol. The van der Waals surface area contributed by atoms with E-state index in [1.807, 2.05) is 0 Å². The molecule has 0 aromatic rings. The first-order valence-corrected chi connectivity index (χ1v) is 5.49. The molecule has 0 aromatic carbocycles. The lowest BCUT2D eigenvalue weighted by Crippen LogP contribution is -2.24. The molecular formula is C11H22O2. The van der Waals surface area contributed by atoms with Gasteiger partial charge in [0.25, 0.3) is 0 Å². The zero-order chi connectivity index (χ0) is 9.68. The normalized spacial score (nSPS) is 24.2. The van der Waals surface area contributed by atoms with Crippen molar-refractivity contribution in [1.29, 1.82) is 0 Å². The molecule has 1 fully saturated rings. The summed E-state index contributed by atoms with van der Waals surface area (Å²) in [4.78, 5) is 0. The van der Waals surface area contributed by atoms with E-state index in [0.29, 0.717) is 11.8 Å². The van der Waals surface area contributed by atoms with Crippen LogP contribution in [0.5, 0.6) is 0 Å². The summed E-state index contributed by atoms with van der Waals surface area (Å²) in [7, 11) is 0. The molecule has 0 saturated carbocycles. The highest BCUT2D eigenvalue weighted by atomic mass is 16.5. The molecule has 1 aliphatic heterocycles. The van der Waals surface area contributed by atoms with Gasteiger partial charge in [-0.25, -0.2) is 0 Å². The van der Waals surface area contributed by atoms with Crippen LogP contribution in [0.1, 0.15) is 39.5 Å². The van der Waals surface area contributed by atoms with Gasteiger partial charge in [-0.2, -0.15) is 0 Å². The zero-order valence-electron chi connectivity index (χ0n) is 8.83. The fourth-order valence-electron chi connectivity index (χ4n) is 1.83. The molecule has 2 unspecified atom stereocenters. The van der Waals surface area contributed by atoms with E-state index in [0.717, 1.165) is 38.9 Å². The number of aliphatic hydroxyl groups excluding tert-OH is 1. The van der Waals surface area contributed by atoms with Gasteiger partial charge in [0.2, 0.25) is 0 Å². The van der Waals surface area contributed by atoms with Crippen molar-refractivity contribution < 1.29 is 9.84 Å². The van der Waals surface area contributed by atoms with Crippen molar-refractivity contribution >= 4 is 0 Å². The minimum atomic E-state index is -0.104. The highest BCUT2D eigenvalue weighted by Crippen LogP contribution is 2.23. The number of aliphatic hydroxyl groups is 1. The van der Waals surface area contributed by atoms with Crippen LogP contribution in [0.15, 0.2) is 0 Å². The van der Waals surface area contributed by atoms with Crippen LogP contribution in [0.3, 0.4) is 0 Å². The molecule has 1 saturated heterocycles. The van der Waals surface area contributed by atoms with E-state index >= 15 is 0 Å². The third kappa shape index (κ3) is 3.65. The van der Waals surface area contributed by atoms with E-state index in [2.05, 4.69) is 13.8 Å². The van der Waals surface area contributed by atoms with Crippen LogP contribution in [-0.4, -0.2) is 24.4 Å². The van der Waals surface area contributed by atoms with Crippen LogP contribution >= 0.6 is 0 Å². The lowest BCUT2D eigenvalue weighted by atomic mass is 9.88. The molecule has 1 aliphatic rings. The summed E-state index contributed by atoms with van der Waals surface area (Å²) >= 11 is 0. The predicted molar refractivity (Wildman–Crippen MR) is 53.6 cm³/mol. The Kier molecular flexibility index (Phi) is 4.74. The molecule has 0 amide bonds. The quantitative estimate of drug-likeness (QED) is 0.729. The van der Waals surface area contributed by atoms with Crippen molar-refractivity contribution in [3.8, 4) is 0 Å². The molecule has 0 aromatic heterocycles. The summed E-state index contributed by atoms with van der Waals surface area (Å²) in [5.74, 6) is 1.14. The first-order valence-electron chi connectivity index (χ1n) is 5.49. The van der Waals surface area contributed by atoms with Crippen LogP contribution in [0.2, 0.25) is 0 Å². The summed E-state index contributed by atoms with van der Waals surface area (Å²) in [6.45, 7) is 6.04. The molecule has 78 valence electrons. The van der Waals surface area contributed by atoms with E-state index in [-0.39, 0.29) is 6.10 Å². The van der Waals surface area contributed by atoms with E-state index in [4.69, 9.17) is 4.74 Å². The maximum atomic E-state index is 9.83. The van der Waals surface area contributed by atoms with Gasteiger partial charge in [0, 0.05) is 13.2 Å². The fraction of sp³-hybridized carbons (Fsp3) is 1.00. The minimum Gasteiger partial charge on any atom is -0.393 e. The van der Waals surface area contributed by atoms with Crippen LogP contribution in [0.25, 0.3) is 0 Å². The van der Waals surface area contributed by atoms with Crippen molar-refractivity contribution in [3.05, 3.63) is 0 Å². The lowest BCUT2D eigenvalue weighted by molar-refractivity contribution is 0.0297. The standard InChI is InChI=1S/C11H22O2/c1-3-9(2)11(12)8-10-4-6-13-7-5-10/h9-12H,3-8H2,1-2H3. The van der Waals surface area contributed by atoms with Crippen molar-refractivity contribution in [1.82, 2.24) is 0 Å². The largest absolute Gasteiger partial charge is 0.393 e. The average Bonchev–Trinajstić information content (AvgIpc) is 2.18. The van der Waals surface area contributed by atoms with Gasteiger partial charge < -0.3 is 9.84 Å². The van der Waals surface area contributed by atoms with Gasteiger partial charge in [-0.15, -0.1) is 0 Å². The topological polar surface area (TPSA) is 29.5 Å². The van der Waals surface area contributed by atoms with E-state index in [1.165, 1.54) is 0 Å².